The minimum atomic E-state index is 0. The van der Waals surface area contributed by atoms with E-state index in [9.17, 15) is 9.59 Å². The highest BCUT2D eigenvalue weighted by molar-refractivity contribution is 8.00. The second-order valence-electron chi connectivity index (χ2n) is 7.44. The van der Waals surface area contributed by atoms with Crippen molar-refractivity contribution in [2.24, 2.45) is 5.92 Å². The zero-order valence-corrected chi connectivity index (χ0v) is 16.7. The fraction of sp³-hybridized carbons (Fsp3) is 0.889. The number of thioether (sulfide) groups is 1. The molecule has 7 heteroatoms. The van der Waals surface area contributed by atoms with Gasteiger partial charge in [-0.05, 0) is 57.4 Å². The van der Waals surface area contributed by atoms with E-state index in [4.69, 9.17) is 0 Å². The van der Waals surface area contributed by atoms with Gasteiger partial charge in [-0.25, -0.2) is 0 Å². The van der Waals surface area contributed by atoms with E-state index in [0.717, 1.165) is 64.3 Å². The number of nitrogens with one attached hydrogen (secondary N) is 1. The van der Waals surface area contributed by atoms with E-state index < -0.39 is 0 Å². The maximum absolute atomic E-state index is 12.3. The predicted molar refractivity (Wildman–Crippen MR) is 105 cm³/mol. The van der Waals surface area contributed by atoms with Crippen molar-refractivity contribution in [2.45, 2.75) is 51.0 Å². The van der Waals surface area contributed by atoms with Crippen molar-refractivity contribution in [3.63, 3.8) is 0 Å². The monoisotopic (exact) mass is 389 g/mol. The van der Waals surface area contributed by atoms with Crippen LogP contribution >= 0.6 is 24.2 Å². The number of hydrogen-bond acceptors (Lipinski definition) is 4. The van der Waals surface area contributed by atoms with Gasteiger partial charge in [0.1, 0.15) is 0 Å². The lowest BCUT2D eigenvalue weighted by atomic mass is 10.0. The maximum Gasteiger partial charge on any atom is 0.232 e. The first kappa shape index (κ1) is 20.8. The van der Waals surface area contributed by atoms with Gasteiger partial charge in [0.15, 0.2) is 0 Å². The SMILES string of the molecule is Cl.O=C(CSCC(=O)N1CCC(NCC2CC2)CC1)N1CCCCC1. The molecule has 2 heterocycles. The number of rotatable bonds is 7. The first-order valence-electron chi connectivity index (χ1n) is 9.59. The van der Waals surface area contributed by atoms with Crippen LogP contribution in [0.15, 0.2) is 0 Å². The van der Waals surface area contributed by atoms with Crippen molar-refractivity contribution >= 4 is 36.0 Å². The van der Waals surface area contributed by atoms with Crippen LogP contribution in [-0.2, 0) is 9.59 Å². The van der Waals surface area contributed by atoms with E-state index >= 15 is 0 Å². The predicted octanol–water partition coefficient (Wildman–Crippen LogP) is 2.14. The molecule has 0 radical (unpaired) electrons. The first-order valence-corrected chi connectivity index (χ1v) is 10.7. The third-order valence-corrected chi connectivity index (χ3v) is 6.30. The average molecular weight is 390 g/mol. The molecule has 144 valence electrons. The Morgan fingerprint density at radius 3 is 1.96 bits per heavy atom. The van der Waals surface area contributed by atoms with E-state index in [2.05, 4.69) is 5.32 Å². The number of piperidine rings is 2. The van der Waals surface area contributed by atoms with Gasteiger partial charge in [0.05, 0.1) is 11.5 Å². The lowest BCUT2D eigenvalue weighted by Gasteiger charge is -2.32. The molecule has 0 aromatic rings. The number of carbonyl (C=O) groups excluding carboxylic acids is 2. The van der Waals surface area contributed by atoms with Crippen LogP contribution in [-0.4, -0.2) is 71.9 Å². The number of carbonyl (C=O) groups is 2. The first-order chi connectivity index (χ1) is 11.7. The van der Waals surface area contributed by atoms with E-state index in [1.807, 2.05) is 9.80 Å². The molecule has 0 unspecified atom stereocenters. The molecule has 0 aromatic heterocycles. The van der Waals surface area contributed by atoms with Gasteiger partial charge in [0, 0.05) is 32.2 Å². The second-order valence-corrected chi connectivity index (χ2v) is 8.43. The Kier molecular flexibility index (Phi) is 8.87. The molecule has 0 aromatic carbocycles. The fourth-order valence-electron chi connectivity index (χ4n) is 3.54. The highest BCUT2D eigenvalue weighted by atomic mass is 35.5. The summed E-state index contributed by atoms with van der Waals surface area (Å²) in [5, 5.41) is 3.64. The second kappa shape index (κ2) is 10.6. The van der Waals surface area contributed by atoms with Crippen LogP contribution in [0.2, 0.25) is 0 Å². The van der Waals surface area contributed by atoms with Crippen molar-refractivity contribution < 1.29 is 9.59 Å². The zero-order valence-electron chi connectivity index (χ0n) is 15.1. The summed E-state index contributed by atoms with van der Waals surface area (Å²) >= 11 is 1.48. The molecule has 2 amide bonds. The molecule has 0 bridgehead atoms. The van der Waals surface area contributed by atoms with Crippen LogP contribution in [0.3, 0.4) is 0 Å². The van der Waals surface area contributed by atoms with Gasteiger partial charge in [-0.1, -0.05) is 0 Å². The summed E-state index contributed by atoms with van der Waals surface area (Å²) in [6.07, 6.45) is 8.39. The van der Waals surface area contributed by atoms with Gasteiger partial charge >= 0.3 is 0 Å². The number of nitrogens with zero attached hydrogens (tertiary/aromatic N) is 2. The van der Waals surface area contributed by atoms with Crippen LogP contribution in [0.4, 0.5) is 0 Å². The molecular formula is C18H32ClN3O2S. The van der Waals surface area contributed by atoms with E-state index in [0.29, 0.717) is 17.5 Å². The molecule has 1 saturated carbocycles. The van der Waals surface area contributed by atoms with E-state index in [-0.39, 0.29) is 24.2 Å². The van der Waals surface area contributed by atoms with Crippen molar-refractivity contribution in [3.8, 4) is 0 Å². The number of halogens is 1. The van der Waals surface area contributed by atoms with Gasteiger partial charge in [-0.15, -0.1) is 24.2 Å². The summed E-state index contributed by atoms with van der Waals surface area (Å²) in [4.78, 5) is 28.3. The highest BCUT2D eigenvalue weighted by Crippen LogP contribution is 2.28. The summed E-state index contributed by atoms with van der Waals surface area (Å²) in [5.74, 6) is 2.21. The Morgan fingerprint density at radius 2 is 1.40 bits per heavy atom. The summed E-state index contributed by atoms with van der Waals surface area (Å²) < 4.78 is 0. The molecule has 5 nitrogen and oxygen atoms in total. The molecule has 0 atom stereocenters. The molecule has 25 heavy (non-hydrogen) atoms. The molecule has 2 saturated heterocycles. The molecule has 0 spiro atoms. The number of hydrogen-bond donors (Lipinski definition) is 1. The molecule has 1 N–H and O–H groups in total. The quantitative estimate of drug-likeness (QED) is 0.724. The molecule has 1 aliphatic carbocycles. The van der Waals surface area contributed by atoms with Crippen molar-refractivity contribution in [1.82, 2.24) is 15.1 Å². The maximum atomic E-state index is 12.3. The van der Waals surface area contributed by atoms with Crippen LogP contribution in [0.5, 0.6) is 0 Å². The Balaban J connectivity index is 0.00000225. The number of amides is 2. The van der Waals surface area contributed by atoms with E-state index in [1.165, 1.54) is 31.0 Å². The van der Waals surface area contributed by atoms with Gasteiger partial charge in [-0.2, -0.15) is 0 Å². The van der Waals surface area contributed by atoms with Crippen LogP contribution in [0, 0.1) is 5.92 Å². The molecular weight excluding hydrogens is 358 g/mol. The minimum absolute atomic E-state index is 0. The molecule has 2 aliphatic heterocycles. The Morgan fingerprint density at radius 1 is 0.840 bits per heavy atom. The fourth-order valence-corrected chi connectivity index (χ4v) is 4.36. The van der Waals surface area contributed by atoms with Crippen LogP contribution in [0.25, 0.3) is 0 Å². The minimum Gasteiger partial charge on any atom is -0.342 e. The van der Waals surface area contributed by atoms with Crippen molar-refractivity contribution in [2.75, 3.05) is 44.2 Å². The van der Waals surface area contributed by atoms with Gasteiger partial charge in [0.2, 0.25) is 11.8 Å². The Labute approximate surface area is 162 Å². The third kappa shape index (κ3) is 6.99. The summed E-state index contributed by atoms with van der Waals surface area (Å²) in [7, 11) is 0. The van der Waals surface area contributed by atoms with Crippen molar-refractivity contribution in [1.29, 1.82) is 0 Å². The zero-order chi connectivity index (χ0) is 16.8. The van der Waals surface area contributed by atoms with Crippen molar-refractivity contribution in [3.05, 3.63) is 0 Å². The standard InChI is InChI=1S/C18H31N3O2S.ClH/c22-17(20-8-2-1-3-9-20)13-24-14-18(23)21-10-6-16(7-11-21)19-12-15-4-5-15;/h15-16,19H,1-14H2;1H. The number of likely N-dealkylation sites (tertiary alicyclic amines) is 2. The van der Waals surface area contributed by atoms with Gasteiger partial charge in [0.25, 0.3) is 0 Å². The largest absolute Gasteiger partial charge is 0.342 e. The Bertz CT molecular complexity index is 434. The van der Waals surface area contributed by atoms with E-state index in [1.54, 1.807) is 0 Å². The average Bonchev–Trinajstić information content (AvgIpc) is 3.45. The molecule has 3 rings (SSSR count). The van der Waals surface area contributed by atoms with Crippen LogP contribution < -0.4 is 5.32 Å². The van der Waals surface area contributed by atoms with Gasteiger partial charge < -0.3 is 15.1 Å². The topological polar surface area (TPSA) is 52.7 Å². The third-order valence-electron chi connectivity index (χ3n) is 5.40. The Hall–Kier alpha value is -0.460. The molecule has 3 fully saturated rings. The van der Waals surface area contributed by atoms with Gasteiger partial charge in [-0.3, -0.25) is 9.59 Å². The van der Waals surface area contributed by atoms with Crippen LogP contribution in [0.1, 0.15) is 44.9 Å². The summed E-state index contributed by atoms with van der Waals surface area (Å²) in [6, 6.07) is 0.586. The lowest BCUT2D eigenvalue weighted by molar-refractivity contribution is -0.129. The molecule has 3 aliphatic rings. The smallest absolute Gasteiger partial charge is 0.232 e. The summed E-state index contributed by atoms with van der Waals surface area (Å²) in [5.41, 5.74) is 0. The lowest BCUT2D eigenvalue weighted by Crippen LogP contribution is -2.46. The highest BCUT2D eigenvalue weighted by Gasteiger charge is 2.26. The normalized spacial score (nSPS) is 21.8. The summed E-state index contributed by atoms with van der Waals surface area (Å²) in [6.45, 7) is 4.68.